The zero-order chi connectivity index (χ0) is 12.8. The molecule has 0 spiro atoms. The number of nitrogens with one attached hydrogen (secondary N) is 1. The predicted molar refractivity (Wildman–Crippen MR) is 79.6 cm³/mol. The highest BCUT2D eigenvalue weighted by atomic mass is 32.2. The van der Waals surface area contributed by atoms with Crippen LogP contribution in [0.5, 0.6) is 5.75 Å². The van der Waals surface area contributed by atoms with Crippen molar-refractivity contribution in [1.29, 1.82) is 0 Å². The summed E-state index contributed by atoms with van der Waals surface area (Å²) in [4.78, 5) is 0. The lowest BCUT2D eigenvalue weighted by atomic mass is 10.1. The van der Waals surface area contributed by atoms with E-state index in [4.69, 9.17) is 4.74 Å². The van der Waals surface area contributed by atoms with E-state index >= 15 is 0 Å². The van der Waals surface area contributed by atoms with Gasteiger partial charge in [-0.25, -0.2) is 0 Å². The minimum atomic E-state index is 0.607. The fourth-order valence-corrected chi connectivity index (χ4v) is 3.49. The second kappa shape index (κ2) is 7.05. The van der Waals surface area contributed by atoms with Crippen molar-refractivity contribution in [2.45, 2.75) is 38.3 Å². The van der Waals surface area contributed by atoms with Crippen LogP contribution in [0, 0.1) is 0 Å². The number of hydrogen-bond donors (Lipinski definition) is 1. The van der Waals surface area contributed by atoms with E-state index < -0.39 is 0 Å². The number of ether oxygens (including phenoxy) is 1. The Morgan fingerprint density at radius 3 is 2.78 bits per heavy atom. The molecular weight excluding hydrogens is 242 g/mol. The van der Waals surface area contributed by atoms with Gasteiger partial charge in [0.15, 0.2) is 0 Å². The van der Waals surface area contributed by atoms with Gasteiger partial charge in [0.25, 0.3) is 0 Å². The van der Waals surface area contributed by atoms with E-state index in [-0.39, 0.29) is 0 Å². The smallest absolute Gasteiger partial charge is 0.118 e. The van der Waals surface area contributed by atoms with Gasteiger partial charge in [-0.3, -0.25) is 0 Å². The first-order chi connectivity index (χ1) is 8.78. The molecule has 0 aliphatic carbocycles. The molecule has 1 saturated heterocycles. The van der Waals surface area contributed by atoms with E-state index in [0.29, 0.717) is 6.04 Å². The summed E-state index contributed by atoms with van der Waals surface area (Å²) in [5, 5.41) is 3.73. The number of thioether (sulfide) groups is 1. The summed E-state index contributed by atoms with van der Waals surface area (Å²) in [6.45, 7) is 2.30. The average molecular weight is 265 g/mol. The van der Waals surface area contributed by atoms with Crippen LogP contribution >= 0.6 is 11.8 Å². The second-order valence-corrected chi connectivity index (χ2v) is 6.16. The van der Waals surface area contributed by atoms with Gasteiger partial charge in [-0.05, 0) is 49.6 Å². The molecule has 0 radical (unpaired) electrons. The molecule has 3 heteroatoms. The van der Waals surface area contributed by atoms with Gasteiger partial charge in [0.05, 0.1) is 7.11 Å². The molecule has 1 aromatic rings. The Kier molecular flexibility index (Phi) is 5.39. The fraction of sp³-hybridized carbons (Fsp3) is 0.600. The lowest BCUT2D eigenvalue weighted by molar-refractivity contribution is 0.414. The minimum absolute atomic E-state index is 0.607. The van der Waals surface area contributed by atoms with Crippen LogP contribution in [-0.2, 0) is 6.42 Å². The van der Waals surface area contributed by atoms with Crippen molar-refractivity contribution in [2.24, 2.45) is 0 Å². The topological polar surface area (TPSA) is 21.3 Å². The third kappa shape index (κ3) is 4.21. The molecule has 1 N–H and O–H groups in total. The molecule has 0 amide bonds. The fourth-order valence-electron chi connectivity index (χ4n) is 2.33. The van der Waals surface area contributed by atoms with Gasteiger partial charge in [-0.15, -0.1) is 0 Å². The van der Waals surface area contributed by atoms with E-state index in [9.17, 15) is 0 Å². The second-order valence-electron chi connectivity index (χ2n) is 5.01. The Morgan fingerprint density at radius 2 is 2.17 bits per heavy atom. The highest BCUT2D eigenvalue weighted by molar-refractivity contribution is 7.99. The Bertz CT molecular complexity index is 346. The van der Waals surface area contributed by atoms with Gasteiger partial charge in [0.1, 0.15) is 5.75 Å². The lowest BCUT2D eigenvalue weighted by Crippen LogP contribution is -2.36. The molecular formula is C15H23NOS. The highest BCUT2D eigenvalue weighted by Crippen LogP contribution is 2.18. The molecule has 0 aromatic heterocycles. The van der Waals surface area contributed by atoms with Gasteiger partial charge < -0.3 is 10.1 Å². The summed E-state index contributed by atoms with van der Waals surface area (Å²) in [5.41, 5.74) is 1.39. The molecule has 2 atom stereocenters. The van der Waals surface area contributed by atoms with Crippen LogP contribution in [0.3, 0.4) is 0 Å². The van der Waals surface area contributed by atoms with Crippen LogP contribution in [0.15, 0.2) is 24.3 Å². The maximum Gasteiger partial charge on any atom is 0.118 e. The van der Waals surface area contributed by atoms with Crippen molar-refractivity contribution in [2.75, 3.05) is 18.6 Å². The summed E-state index contributed by atoms with van der Waals surface area (Å²) in [7, 11) is 1.71. The molecule has 18 heavy (non-hydrogen) atoms. The predicted octanol–water partition coefficient (Wildman–Crippen LogP) is 3.11. The van der Waals surface area contributed by atoms with Crippen molar-refractivity contribution in [1.82, 2.24) is 5.32 Å². The van der Waals surface area contributed by atoms with Crippen LogP contribution in [0.1, 0.15) is 25.3 Å². The van der Waals surface area contributed by atoms with Crippen molar-refractivity contribution < 1.29 is 4.74 Å². The van der Waals surface area contributed by atoms with Crippen LogP contribution in [-0.4, -0.2) is 30.7 Å². The average Bonchev–Trinajstić information content (AvgIpc) is 2.90. The number of methoxy groups -OCH3 is 1. The first-order valence-corrected chi connectivity index (χ1v) is 7.90. The summed E-state index contributed by atoms with van der Waals surface area (Å²) >= 11 is 2.07. The summed E-state index contributed by atoms with van der Waals surface area (Å²) in [6.07, 6.45) is 3.67. The molecule has 2 rings (SSSR count). The maximum absolute atomic E-state index is 5.17. The van der Waals surface area contributed by atoms with Gasteiger partial charge in [0.2, 0.25) is 0 Å². The van der Waals surface area contributed by atoms with Crippen LogP contribution < -0.4 is 10.1 Å². The Labute approximate surface area is 114 Å². The quantitative estimate of drug-likeness (QED) is 0.854. The Balaban J connectivity index is 1.72. The number of hydrogen-bond acceptors (Lipinski definition) is 3. The molecule has 1 aliphatic rings. The van der Waals surface area contributed by atoms with E-state index in [0.717, 1.165) is 18.2 Å². The third-order valence-electron chi connectivity index (χ3n) is 3.47. The molecule has 1 heterocycles. The van der Waals surface area contributed by atoms with Gasteiger partial charge in [0, 0.05) is 17.8 Å². The summed E-state index contributed by atoms with van der Waals surface area (Å²) in [5.74, 6) is 3.54. The van der Waals surface area contributed by atoms with E-state index in [1.54, 1.807) is 7.11 Å². The largest absolute Gasteiger partial charge is 0.497 e. The summed E-state index contributed by atoms with van der Waals surface area (Å²) < 4.78 is 5.17. The van der Waals surface area contributed by atoms with Crippen LogP contribution in [0.4, 0.5) is 0 Å². The third-order valence-corrected chi connectivity index (χ3v) is 4.64. The molecule has 2 unspecified atom stereocenters. The number of rotatable bonds is 6. The van der Waals surface area contributed by atoms with Crippen molar-refractivity contribution in [3.63, 3.8) is 0 Å². The molecule has 1 aliphatic heterocycles. The van der Waals surface area contributed by atoms with E-state index in [1.807, 2.05) is 12.1 Å². The first-order valence-electron chi connectivity index (χ1n) is 6.74. The standard InChI is InChI=1S/C15H23NOS/c1-12(16-14-9-10-18-11-14)3-4-13-5-7-15(17-2)8-6-13/h5-8,12,14,16H,3-4,9-11H2,1-2H3. The molecule has 1 fully saturated rings. The Morgan fingerprint density at radius 1 is 1.39 bits per heavy atom. The van der Waals surface area contributed by atoms with Gasteiger partial charge >= 0.3 is 0 Å². The monoisotopic (exact) mass is 265 g/mol. The van der Waals surface area contributed by atoms with Crippen molar-refractivity contribution in [3.05, 3.63) is 29.8 Å². The number of benzene rings is 1. The Hall–Kier alpha value is -0.670. The van der Waals surface area contributed by atoms with Gasteiger partial charge in [-0.1, -0.05) is 12.1 Å². The SMILES string of the molecule is COc1ccc(CCC(C)NC2CCSC2)cc1. The molecule has 1 aromatic carbocycles. The van der Waals surface area contributed by atoms with Crippen LogP contribution in [0.2, 0.25) is 0 Å². The summed E-state index contributed by atoms with van der Waals surface area (Å²) in [6, 6.07) is 9.76. The number of aryl methyl sites for hydroxylation is 1. The first kappa shape index (κ1) is 13.8. The minimum Gasteiger partial charge on any atom is -0.497 e. The van der Waals surface area contributed by atoms with Crippen LogP contribution in [0.25, 0.3) is 0 Å². The molecule has 100 valence electrons. The van der Waals surface area contributed by atoms with Crippen molar-refractivity contribution in [3.8, 4) is 5.75 Å². The normalized spacial score (nSPS) is 20.9. The van der Waals surface area contributed by atoms with Crippen molar-refractivity contribution >= 4 is 11.8 Å². The maximum atomic E-state index is 5.17. The van der Waals surface area contributed by atoms with E-state index in [1.165, 1.54) is 29.9 Å². The zero-order valence-electron chi connectivity index (χ0n) is 11.3. The van der Waals surface area contributed by atoms with E-state index in [2.05, 4.69) is 36.1 Å². The van der Waals surface area contributed by atoms with Gasteiger partial charge in [-0.2, -0.15) is 11.8 Å². The molecule has 0 bridgehead atoms. The molecule has 0 saturated carbocycles. The zero-order valence-corrected chi connectivity index (χ0v) is 12.1. The highest BCUT2D eigenvalue weighted by Gasteiger charge is 2.16. The lowest BCUT2D eigenvalue weighted by Gasteiger charge is -2.18. The molecule has 2 nitrogen and oxygen atoms in total.